The van der Waals surface area contributed by atoms with Gasteiger partial charge < -0.3 is 0 Å². The third-order valence-electron chi connectivity index (χ3n) is 3.84. The number of ketones is 2. The number of benzene rings is 3. The van der Waals surface area contributed by atoms with E-state index in [0.717, 1.165) is 15.2 Å². The Morgan fingerprint density at radius 1 is 0.619 bits per heavy atom. The zero-order valence-electron chi connectivity index (χ0n) is 10.9. The fraction of sp³-hybridized carbons (Fsp3) is 0. The van der Waals surface area contributed by atoms with E-state index in [-0.39, 0.29) is 11.6 Å². The van der Waals surface area contributed by atoms with E-state index < -0.39 is 0 Å². The number of fused-ring (bicyclic) bond motifs is 3. The van der Waals surface area contributed by atoms with Gasteiger partial charge in [0.25, 0.3) is 0 Å². The van der Waals surface area contributed by atoms with E-state index in [4.69, 9.17) is 0 Å². The smallest absolute Gasteiger partial charge is 0.194 e. The standard InChI is InChI=1S/C18H9BrO2/c19-12-6-5-10-8-15-16(9-11(10)7-12)18(21)14-4-2-1-3-13(14)17(15)20/h1-9H. The van der Waals surface area contributed by atoms with Gasteiger partial charge in [0.15, 0.2) is 11.6 Å². The van der Waals surface area contributed by atoms with Gasteiger partial charge >= 0.3 is 0 Å². The summed E-state index contributed by atoms with van der Waals surface area (Å²) in [4.78, 5) is 25.2. The molecule has 0 bridgehead atoms. The fourth-order valence-corrected chi connectivity index (χ4v) is 3.19. The molecule has 0 unspecified atom stereocenters. The van der Waals surface area contributed by atoms with Crippen LogP contribution in [-0.2, 0) is 0 Å². The zero-order chi connectivity index (χ0) is 14.6. The van der Waals surface area contributed by atoms with Gasteiger partial charge in [-0.05, 0) is 35.0 Å². The van der Waals surface area contributed by atoms with Gasteiger partial charge in [-0.1, -0.05) is 46.3 Å². The highest BCUT2D eigenvalue weighted by molar-refractivity contribution is 9.10. The topological polar surface area (TPSA) is 34.1 Å². The molecule has 0 saturated carbocycles. The predicted octanol–water partition coefficient (Wildman–Crippen LogP) is 4.38. The Balaban J connectivity index is 2.06. The van der Waals surface area contributed by atoms with Crippen LogP contribution < -0.4 is 0 Å². The molecule has 3 aromatic rings. The molecule has 4 rings (SSSR count). The minimum atomic E-state index is -0.0814. The molecule has 0 spiro atoms. The SMILES string of the molecule is O=C1c2ccccc2C(=O)c2cc3cc(Br)ccc3cc21. The Bertz CT molecular complexity index is 941. The first-order chi connectivity index (χ1) is 10.1. The second kappa shape index (κ2) is 4.37. The van der Waals surface area contributed by atoms with Crippen LogP contribution in [0.5, 0.6) is 0 Å². The summed E-state index contributed by atoms with van der Waals surface area (Å²) in [7, 11) is 0. The van der Waals surface area contributed by atoms with Gasteiger partial charge in [0, 0.05) is 26.7 Å². The largest absolute Gasteiger partial charge is 0.289 e. The second-order valence-corrected chi connectivity index (χ2v) is 6.01. The first-order valence-electron chi connectivity index (χ1n) is 6.57. The van der Waals surface area contributed by atoms with Crippen molar-refractivity contribution in [3.05, 3.63) is 81.3 Å². The first kappa shape index (κ1) is 12.5. The average Bonchev–Trinajstić information content (AvgIpc) is 2.51. The van der Waals surface area contributed by atoms with Crippen LogP contribution in [0.2, 0.25) is 0 Å². The molecule has 0 atom stereocenters. The Hall–Kier alpha value is -2.26. The van der Waals surface area contributed by atoms with E-state index in [9.17, 15) is 9.59 Å². The van der Waals surface area contributed by atoms with Gasteiger partial charge in [0.05, 0.1) is 0 Å². The summed E-state index contributed by atoms with van der Waals surface area (Å²) in [6.07, 6.45) is 0. The van der Waals surface area contributed by atoms with Crippen molar-refractivity contribution in [3.8, 4) is 0 Å². The molecule has 0 heterocycles. The third-order valence-corrected chi connectivity index (χ3v) is 4.34. The van der Waals surface area contributed by atoms with E-state index in [1.165, 1.54) is 0 Å². The van der Waals surface area contributed by atoms with Crippen molar-refractivity contribution in [2.24, 2.45) is 0 Å². The molecule has 0 N–H and O–H groups in total. The first-order valence-corrected chi connectivity index (χ1v) is 7.36. The summed E-state index contributed by atoms with van der Waals surface area (Å²) in [5, 5.41) is 1.90. The average molecular weight is 337 g/mol. The lowest BCUT2D eigenvalue weighted by molar-refractivity contribution is 0.0979. The number of halogens is 1. The molecular formula is C18H9BrO2. The molecule has 3 heteroatoms. The molecule has 21 heavy (non-hydrogen) atoms. The maximum Gasteiger partial charge on any atom is 0.194 e. The third kappa shape index (κ3) is 1.78. The van der Waals surface area contributed by atoms with Crippen LogP contribution in [0.25, 0.3) is 10.8 Å². The molecule has 0 radical (unpaired) electrons. The van der Waals surface area contributed by atoms with Gasteiger partial charge in [0.2, 0.25) is 0 Å². The minimum Gasteiger partial charge on any atom is -0.289 e. The molecular weight excluding hydrogens is 328 g/mol. The summed E-state index contributed by atoms with van der Waals surface area (Å²) < 4.78 is 0.949. The maximum absolute atomic E-state index is 12.6. The molecule has 0 aromatic heterocycles. The van der Waals surface area contributed by atoms with Crippen LogP contribution in [-0.4, -0.2) is 11.6 Å². The zero-order valence-corrected chi connectivity index (χ0v) is 12.5. The second-order valence-electron chi connectivity index (χ2n) is 5.09. The Labute approximate surface area is 129 Å². The summed E-state index contributed by atoms with van der Waals surface area (Å²) in [5.41, 5.74) is 1.97. The van der Waals surface area contributed by atoms with E-state index in [1.54, 1.807) is 24.3 Å². The van der Waals surface area contributed by atoms with E-state index >= 15 is 0 Å². The van der Waals surface area contributed by atoms with Crippen LogP contribution in [0, 0.1) is 0 Å². The minimum absolute atomic E-state index is 0.0787. The molecule has 100 valence electrons. The lowest BCUT2D eigenvalue weighted by Crippen LogP contribution is -2.20. The van der Waals surface area contributed by atoms with Gasteiger partial charge in [-0.3, -0.25) is 9.59 Å². The summed E-state index contributed by atoms with van der Waals surface area (Å²) in [5.74, 6) is -0.160. The number of carbonyl (C=O) groups is 2. The number of carbonyl (C=O) groups excluding carboxylic acids is 2. The van der Waals surface area contributed by atoms with Crippen molar-refractivity contribution in [2.45, 2.75) is 0 Å². The number of rotatable bonds is 0. The van der Waals surface area contributed by atoms with Gasteiger partial charge in [-0.25, -0.2) is 0 Å². The monoisotopic (exact) mass is 336 g/mol. The van der Waals surface area contributed by atoms with E-state index in [1.807, 2.05) is 30.3 Å². The molecule has 3 aromatic carbocycles. The van der Waals surface area contributed by atoms with Crippen LogP contribution in [0.15, 0.2) is 59.1 Å². The van der Waals surface area contributed by atoms with Gasteiger partial charge in [-0.15, -0.1) is 0 Å². The van der Waals surface area contributed by atoms with Crippen molar-refractivity contribution in [1.29, 1.82) is 0 Å². The summed E-state index contributed by atoms with van der Waals surface area (Å²) in [6.45, 7) is 0. The molecule has 0 saturated heterocycles. The number of hydrogen-bond donors (Lipinski definition) is 0. The molecule has 0 aliphatic heterocycles. The van der Waals surface area contributed by atoms with Crippen LogP contribution in [0.4, 0.5) is 0 Å². The highest BCUT2D eigenvalue weighted by atomic mass is 79.9. The van der Waals surface area contributed by atoms with Crippen molar-refractivity contribution in [3.63, 3.8) is 0 Å². The van der Waals surface area contributed by atoms with Crippen molar-refractivity contribution < 1.29 is 9.59 Å². The van der Waals surface area contributed by atoms with Crippen LogP contribution in [0.3, 0.4) is 0 Å². The predicted molar refractivity (Wildman–Crippen MR) is 85.0 cm³/mol. The summed E-state index contributed by atoms with van der Waals surface area (Å²) in [6, 6.07) is 16.4. The Morgan fingerprint density at radius 2 is 1.19 bits per heavy atom. The van der Waals surface area contributed by atoms with E-state index in [0.29, 0.717) is 22.3 Å². The lowest BCUT2D eigenvalue weighted by atomic mass is 9.83. The van der Waals surface area contributed by atoms with Crippen LogP contribution >= 0.6 is 15.9 Å². The quantitative estimate of drug-likeness (QED) is 0.477. The highest BCUT2D eigenvalue weighted by Gasteiger charge is 2.29. The van der Waals surface area contributed by atoms with Crippen molar-refractivity contribution >= 4 is 38.3 Å². The fourth-order valence-electron chi connectivity index (χ4n) is 2.81. The van der Waals surface area contributed by atoms with Crippen molar-refractivity contribution in [2.75, 3.05) is 0 Å². The Morgan fingerprint density at radius 3 is 1.81 bits per heavy atom. The lowest BCUT2D eigenvalue weighted by Gasteiger charge is -2.18. The molecule has 0 fully saturated rings. The van der Waals surface area contributed by atoms with Gasteiger partial charge in [-0.2, -0.15) is 0 Å². The normalized spacial score (nSPS) is 13.2. The van der Waals surface area contributed by atoms with Crippen LogP contribution in [0.1, 0.15) is 31.8 Å². The summed E-state index contributed by atoms with van der Waals surface area (Å²) >= 11 is 3.43. The highest BCUT2D eigenvalue weighted by Crippen LogP contribution is 2.31. The molecule has 1 aliphatic rings. The van der Waals surface area contributed by atoms with E-state index in [2.05, 4.69) is 15.9 Å². The maximum atomic E-state index is 12.6. The Kier molecular flexibility index (Phi) is 2.59. The molecule has 1 aliphatic carbocycles. The number of hydrogen-bond acceptors (Lipinski definition) is 2. The molecule has 0 amide bonds. The van der Waals surface area contributed by atoms with Crippen molar-refractivity contribution in [1.82, 2.24) is 0 Å². The molecule has 2 nitrogen and oxygen atoms in total. The van der Waals surface area contributed by atoms with Gasteiger partial charge in [0.1, 0.15) is 0 Å².